The third kappa shape index (κ3) is 3.07. The van der Waals surface area contributed by atoms with E-state index < -0.39 is 12.1 Å². The lowest BCUT2D eigenvalue weighted by atomic mass is 10.1. The van der Waals surface area contributed by atoms with Gasteiger partial charge in [0.25, 0.3) is 11.5 Å². The number of amides is 1. The molecule has 4 aromatic rings. The van der Waals surface area contributed by atoms with Crippen LogP contribution in [0.3, 0.4) is 0 Å². The maximum atomic E-state index is 13.0. The fourth-order valence-corrected chi connectivity index (χ4v) is 3.72. The van der Waals surface area contributed by atoms with Crippen LogP contribution in [0.4, 0.5) is 0 Å². The second-order valence-corrected chi connectivity index (χ2v) is 7.10. The quantitative estimate of drug-likeness (QED) is 0.535. The van der Waals surface area contributed by atoms with Crippen LogP contribution >= 0.6 is 0 Å². The molecule has 0 saturated carbocycles. The van der Waals surface area contributed by atoms with Crippen molar-refractivity contribution in [1.29, 1.82) is 0 Å². The van der Waals surface area contributed by atoms with Gasteiger partial charge in [0.15, 0.2) is 11.5 Å². The predicted molar refractivity (Wildman–Crippen MR) is 107 cm³/mol. The molecule has 3 aromatic heterocycles. The molecule has 2 atom stereocenters. The number of hydrogen-bond acceptors (Lipinski definition) is 6. The topological polar surface area (TPSA) is 109 Å². The van der Waals surface area contributed by atoms with Crippen LogP contribution in [-0.4, -0.2) is 54.5 Å². The fraction of sp³-hybridized carbons (Fsp3) is 0.250. The third-order valence-electron chi connectivity index (χ3n) is 5.20. The van der Waals surface area contributed by atoms with Gasteiger partial charge in [0, 0.05) is 30.9 Å². The third-order valence-corrected chi connectivity index (χ3v) is 5.20. The Kier molecular flexibility index (Phi) is 4.40. The number of nitrogens with one attached hydrogen (secondary N) is 1. The van der Waals surface area contributed by atoms with Crippen molar-refractivity contribution >= 4 is 16.8 Å². The SMILES string of the molecule is Cn1nc(C(=O)NC2COCC2n2nc(-n3cccn3)ccc2=O)c2ccccc21. The van der Waals surface area contributed by atoms with Crippen molar-refractivity contribution in [2.45, 2.75) is 12.1 Å². The summed E-state index contributed by atoms with van der Waals surface area (Å²) in [5.74, 6) is 0.191. The monoisotopic (exact) mass is 405 g/mol. The Morgan fingerprint density at radius 3 is 2.83 bits per heavy atom. The highest BCUT2D eigenvalue weighted by molar-refractivity contribution is 6.04. The Bertz CT molecular complexity index is 1280. The molecule has 4 heterocycles. The van der Waals surface area contributed by atoms with Gasteiger partial charge >= 0.3 is 0 Å². The van der Waals surface area contributed by atoms with Crippen LogP contribution in [0.5, 0.6) is 0 Å². The Balaban J connectivity index is 1.44. The van der Waals surface area contributed by atoms with Crippen LogP contribution in [0, 0.1) is 0 Å². The lowest BCUT2D eigenvalue weighted by Gasteiger charge is -2.20. The zero-order valence-electron chi connectivity index (χ0n) is 16.2. The molecule has 0 spiro atoms. The Hall–Kier alpha value is -3.79. The molecule has 0 aliphatic carbocycles. The zero-order valence-corrected chi connectivity index (χ0v) is 16.2. The highest BCUT2D eigenvalue weighted by Gasteiger charge is 2.33. The van der Waals surface area contributed by atoms with Crippen molar-refractivity contribution in [1.82, 2.24) is 34.7 Å². The molecule has 30 heavy (non-hydrogen) atoms. The van der Waals surface area contributed by atoms with Crippen molar-refractivity contribution in [3.8, 4) is 5.82 Å². The van der Waals surface area contributed by atoms with E-state index in [-0.39, 0.29) is 24.7 Å². The minimum Gasteiger partial charge on any atom is -0.377 e. The summed E-state index contributed by atoms with van der Waals surface area (Å²) in [6, 6.07) is 11.5. The average molecular weight is 405 g/mol. The van der Waals surface area contributed by atoms with Crippen LogP contribution in [0.1, 0.15) is 16.5 Å². The number of nitrogens with zero attached hydrogens (tertiary/aromatic N) is 6. The van der Waals surface area contributed by atoms with Crippen molar-refractivity contribution in [3.05, 3.63) is 70.9 Å². The standard InChI is InChI=1S/C20H19N7O3/c1-25-15-6-3-2-5-13(15)19(24-25)20(29)22-14-11-30-12-16(14)27-18(28)8-7-17(23-27)26-10-4-9-21-26/h2-10,14,16H,11-12H2,1H3,(H,22,29). The summed E-state index contributed by atoms with van der Waals surface area (Å²) in [5.41, 5.74) is 0.931. The number of ether oxygens (including phenoxy) is 1. The van der Waals surface area contributed by atoms with Gasteiger partial charge in [-0.05, 0) is 18.2 Å². The van der Waals surface area contributed by atoms with E-state index in [1.807, 2.05) is 24.3 Å². The van der Waals surface area contributed by atoms with E-state index in [4.69, 9.17) is 4.74 Å². The summed E-state index contributed by atoms with van der Waals surface area (Å²) in [4.78, 5) is 25.5. The minimum atomic E-state index is -0.438. The van der Waals surface area contributed by atoms with Crippen LogP contribution in [0.25, 0.3) is 16.7 Å². The summed E-state index contributed by atoms with van der Waals surface area (Å²) in [6.45, 7) is 0.546. The van der Waals surface area contributed by atoms with Crippen LogP contribution < -0.4 is 10.9 Å². The molecule has 10 heteroatoms. The maximum Gasteiger partial charge on any atom is 0.272 e. The molecule has 1 N–H and O–H groups in total. The normalized spacial score (nSPS) is 18.7. The van der Waals surface area contributed by atoms with E-state index in [0.717, 1.165) is 10.9 Å². The first-order chi connectivity index (χ1) is 14.6. The molecule has 5 rings (SSSR count). The summed E-state index contributed by atoms with van der Waals surface area (Å²) in [6.07, 6.45) is 3.38. The molecular weight excluding hydrogens is 386 g/mol. The lowest BCUT2D eigenvalue weighted by molar-refractivity contribution is 0.0920. The first kappa shape index (κ1) is 18.3. The van der Waals surface area contributed by atoms with Crippen molar-refractivity contribution in [2.24, 2.45) is 7.05 Å². The molecule has 1 aliphatic rings. The largest absolute Gasteiger partial charge is 0.377 e. The Morgan fingerprint density at radius 1 is 1.13 bits per heavy atom. The number of carbonyl (C=O) groups is 1. The van der Waals surface area contributed by atoms with E-state index in [9.17, 15) is 9.59 Å². The number of hydrogen-bond donors (Lipinski definition) is 1. The molecule has 1 amide bonds. The molecular formula is C20H19N7O3. The first-order valence-corrected chi connectivity index (χ1v) is 9.52. The highest BCUT2D eigenvalue weighted by atomic mass is 16.5. The van der Waals surface area contributed by atoms with Gasteiger partial charge in [0.1, 0.15) is 6.04 Å². The first-order valence-electron chi connectivity index (χ1n) is 9.52. The predicted octanol–water partition coefficient (Wildman–Crippen LogP) is 0.686. The van der Waals surface area contributed by atoms with E-state index in [1.165, 1.54) is 10.7 Å². The number of aryl methyl sites for hydroxylation is 1. The van der Waals surface area contributed by atoms with E-state index >= 15 is 0 Å². The lowest BCUT2D eigenvalue weighted by Crippen LogP contribution is -2.44. The molecule has 1 aromatic carbocycles. The van der Waals surface area contributed by atoms with Gasteiger partial charge in [-0.25, -0.2) is 9.36 Å². The molecule has 0 radical (unpaired) electrons. The van der Waals surface area contributed by atoms with Crippen LogP contribution in [0.2, 0.25) is 0 Å². The van der Waals surface area contributed by atoms with Gasteiger partial charge in [0.05, 0.1) is 24.8 Å². The van der Waals surface area contributed by atoms with E-state index in [2.05, 4.69) is 20.6 Å². The van der Waals surface area contributed by atoms with Crippen molar-refractivity contribution in [2.75, 3.05) is 13.2 Å². The molecule has 10 nitrogen and oxygen atoms in total. The fourth-order valence-electron chi connectivity index (χ4n) is 3.72. The summed E-state index contributed by atoms with van der Waals surface area (Å²) in [5, 5.41) is 16.7. The van der Waals surface area contributed by atoms with Gasteiger partial charge in [0.2, 0.25) is 0 Å². The molecule has 152 valence electrons. The van der Waals surface area contributed by atoms with Gasteiger partial charge in [-0.1, -0.05) is 18.2 Å². The van der Waals surface area contributed by atoms with Gasteiger partial charge in [-0.15, -0.1) is 5.10 Å². The molecule has 2 unspecified atom stereocenters. The summed E-state index contributed by atoms with van der Waals surface area (Å²) >= 11 is 0. The minimum absolute atomic E-state index is 0.267. The molecule has 0 bridgehead atoms. The van der Waals surface area contributed by atoms with E-state index in [0.29, 0.717) is 11.5 Å². The second kappa shape index (κ2) is 7.23. The van der Waals surface area contributed by atoms with Crippen molar-refractivity contribution < 1.29 is 9.53 Å². The van der Waals surface area contributed by atoms with Crippen LogP contribution in [0.15, 0.2) is 59.7 Å². The molecule has 1 aliphatic heterocycles. The van der Waals surface area contributed by atoms with Gasteiger partial charge in [-0.2, -0.15) is 10.2 Å². The number of benzene rings is 1. The van der Waals surface area contributed by atoms with E-state index in [1.54, 1.807) is 40.9 Å². The van der Waals surface area contributed by atoms with Crippen molar-refractivity contribution in [3.63, 3.8) is 0 Å². The highest BCUT2D eigenvalue weighted by Crippen LogP contribution is 2.21. The summed E-state index contributed by atoms with van der Waals surface area (Å²) < 4.78 is 10.2. The molecule has 1 saturated heterocycles. The smallest absolute Gasteiger partial charge is 0.272 e. The number of para-hydroxylation sites is 1. The van der Waals surface area contributed by atoms with Gasteiger partial charge < -0.3 is 10.1 Å². The van der Waals surface area contributed by atoms with Crippen LogP contribution in [-0.2, 0) is 11.8 Å². The molecule has 1 fully saturated rings. The number of fused-ring (bicyclic) bond motifs is 1. The van der Waals surface area contributed by atoms with Gasteiger partial charge in [-0.3, -0.25) is 14.3 Å². The number of carbonyl (C=O) groups excluding carboxylic acids is 1. The average Bonchev–Trinajstić information content (AvgIpc) is 3.50. The maximum absolute atomic E-state index is 13.0. The Morgan fingerprint density at radius 2 is 2.00 bits per heavy atom. The number of rotatable bonds is 4. The zero-order chi connectivity index (χ0) is 20.7. The summed E-state index contributed by atoms with van der Waals surface area (Å²) in [7, 11) is 1.80. The number of aromatic nitrogens is 6. The Labute approximate surface area is 170 Å². The second-order valence-electron chi connectivity index (χ2n) is 7.10.